The van der Waals surface area contributed by atoms with Gasteiger partial charge in [-0.3, -0.25) is 0 Å². The van der Waals surface area contributed by atoms with Crippen LogP contribution in [-0.2, 0) is 9.47 Å². The van der Waals surface area contributed by atoms with Gasteiger partial charge in [0, 0.05) is 24.9 Å². The SMILES string of the molecule is OCC12CC1CCC1(C2)OCCO1. The Labute approximate surface area is 78.0 Å². The number of hydrogen-bond acceptors (Lipinski definition) is 3. The number of aliphatic hydroxyl groups excluding tert-OH is 1. The van der Waals surface area contributed by atoms with E-state index in [4.69, 9.17) is 9.47 Å². The van der Waals surface area contributed by atoms with E-state index in [0.29, 0.717) is 6.61 Å². The van der Waals surface area contributed by atoms with Crippen molar-refractivity contribution in [3.05, 3.63) is 0 Å². The average molecular weight is 184 g/mol. The van der Waals surface area contributed by atoms with Gasteiger partial charge in [0.2, 0.25) is 0 Å². The summed E-state index contributed by atoms with van der Waals surface area (Å²) in [5, 5.41) is 9.32. The zero-order valence-corrected chi connectivity index (χ0v) is 7.79. The van der Waals surface area contributed by atoms with E-state index in [9.17, 15) is 5.11 Å². The maximum atomic E-state index is 9.32. The van der Waals surface area contributed by atoms with Crippen molar-refractivity contribution >= 4 is 0 Å². The first-order chi connectivity index (χ1) is 6.29. The van der Waals surface area contributed by atoms with Crippen LogP contribution in [0.4, 0.5) is 0 Å². The third-order valence-corrected chi connectivity index (χ3v) is 3.98. The zero-order chi connectivity index (χ0) is 8.94. The minimum Gasteiger partial charge on any atom is -0.396 e. The maximum Gasteiger partial charge on any atom is 0.169 e. The Morgan fingerprint density at radius 3 is 2.77 bits per heavy atom. The van der Waals surface area contributed by atoms with E-state index in [1.807, 2.05) is 0 Å². The molecule has 3 nitrogen and oxygen atoms in total. The van der Waals surface area contributed by atoms with Crippen LogP contribution in [0.5, 0.6) is 0 Å². The van der Waals surface area contributed by atoms with Gasteiger partial charge in [-0.25, -0.2) is 0 Å². The van der Waals surface area contributed by atoms with Gasteiger partial charge in [0.1, 0.15) is 0 Å². The molecule has 3 heteroatoms. The molecule has 2 saturated carbocycles. The van der Waals surface area contributed by atoms with Gasteiger partial charge in [0.05, 0.1) is 13.2 Å². The minimum atomic E-state index is -0.310. The van der Waals surface area contributed by atoms with Crippen LogP contribution in [0.15, 0.2) is 0 Å². The highest BCUT2D eigenvalue weighted by Gasteiger charge is 2.62. The lowest BCUT2D eigenvalue weighted by atomic mass is 9.84. The van der Waals surface area contributed by atoms with E-state index in [1.54, 1.807) is 0 Å². The van der Waals surface area contributed by atoms with Crippen molar-refractivity contribution < 1.29 is 14.6 Å². The molecular weight excluding hydrogens is 168 g/mol. The van der Waals surface area contributed by atoms with Crippen molar-refractivity contribution in [3.8, 4) is 0 Å². The fraction of sp³-hybridized carbons (Fsp3) is 1.00. The lowest BCUT2D eigenvalue weighted by molar-refractivity contribution is -0.192. The van der Waals surface area contributed by atoms with Crippen LogP contribution in [0.3, 0.4) is 0 Å². The van der Waals surface area contributed by atoms with Crippen molar-refractivity contribution in [2.45, 2.75) is 31.5 Å². The molecule has 1 N–H and O–H groups in total. The Morgan fingerprint density at radius 2 is 2.08 bits per heavy atom. The molecule has 0 aromatic carbocycles. The zero-order valence-electron chi connectivity index (χ0n) is 7.79. The maximum absolute atomic E-state index is 9.32. The molecule has 2 atom stereocenters. The third kappa shape index (κ3) is 1.07. The van der Waals surface area contributed by atoms with E-state index in [1.165, 1.54) is 12.8 Å². The van der Waals surface area contributed by atoms with Crippen LogP contribution < -0.4 is 0 Å². The molecule has 3 fully saturated rings. The van der Waals surface area contributed by atoms with Crippen molar-refractivity contribution in [2.75, 3.05) is 19.8 Å². The smallest absolute Gasteiger partial charge is 0.169 e. The van der Waals surface area contributed by atoms with Crippen LogP contribution in [0.1, 0.15) is 25.7 Å². The Morgan fingerprint density at radius 1 is 1.31 bits per heavy atom. The first-order valence-electron chi connectivity index (χ1n) is 5.17. The molecule has 0 amide bonds. The van der Waals surface area contributed by atoms with Crippen LogP contribution in [-0.4, -0.2) is 30.7 Å². The molecule has 0 bridgehead atoms. The monoisotopic (exact) mass is 184 g/mol. The van der Waals surface area contributed by atoms with Gasteiger partial charge in [-0.1, -0.05) is 0 Å². The molecular formula is C10H16O3. The summed E-state index contributed by atoms with van der Waals surface area (Å²) < 4.78 is 11.3. The molecule has 3 rings (SSSR count). The fourth-order valence-corrected chi connectivity index (χ4v) is 3.07. The first kappa shape index (κ1) is 8.21. The van der Waals surface area contributed by atoms with Crippen LogP contribution in [0.25, 0.3) is 0 Å². The van der Waals surface area contributed by atoms with E-state index < -0.39 is 0 Å². The largest absolute Gasteiger partial charge is 0.396 e. The van der Waals surface area contributed by atoms with Gasteiger partial charge in [0.15, 0.2) is 5.79 Å². The van der Waals surface area contributed by atoms with Crippen LogP contribution >= 0.6 is 0 Å². The van der Waals surface area contributed by atoms with E-state index in [0.717, 1.165) is 32.0 Å². The number of ether oxygens (including phenoxy) is 2. The Bertz CT molecular complexity index is 222. The van der Waals surface area contributed by atoms with Crippen molar-refractivity contribution in [1.29, 1.82) is 0 Å². The molecule has 0 radical (unpaired) electrons. The molecule has 13 heavy (non-hydrogen) atoms. The Hall–Kier alpha value is -0.120. The lowest BCUT2D eigenvalue weighted by Crippen LogP contribution is -2.38. The third-order valence-electron chi connectivity index (χ3n) is 3.98. The molecule has 1 heterocycles. The Kier molecular flexibility index (Phi) is 1.56. The lowest BCUT2D eigenvalue weighted by Gasteiger charge is -2.35. The summed E-state index contributed by atoms with van der Waals surface area (Å²) in [6.45, 7) is 1.77. The molecule has 0 aromatic heterocycles. The second-order valence-corrected chi connectivity index (χ2v) is 4.74. The predicted molar refractivity (Wildman–Crippen MR) is 46.1 cm³/mol. The van der Waals surface area contributed by atoms with Crippen LogP contribution in [0.2, 0.25) is 0 Å². The second kappa shape index (κ2) is 2.47. The molecule has 0 aromatic rings. The van der Waals surface area contributed by atoms with E-state index in [2.05, 4.69) is 0 Å². The highest BCUT2D eigenvalue weighted by atomic mass is 16.7. The van der Waals surface area contributed by atoms with Gasteiger partial charge in [0.25, 0.3) is 0 Å². The molecule has 1 aliphatic heterocycles. The van der Waals surface area contributed by atoms with Gasteiger partial charge in [-0.05, 0) is 18.8 Å². The summed E-state index contributed by atoms with van der Waals surface area (Å²) in [6, 6.07) is 0. The quantitative estimate of drug-likeness (QED) is 0.658. The fourth-order valence-electron chi connectivity index (χ4n) is 3.07. The molecule has 2 unspecified atom stereocenters. The predicted octanol–water partition coefficient (Wildman–Crippen LogP) is 0.912. The van der Waals surface area contributed by atoms with Crippen LogP contribution in [0, 0.1) is 11.3 Å². The van der Waals surface area contributed by atoms with Gasteiger partial charge in [-0.2, -0.15) is 0 Å². The first-order valence-corrected chi connectivity index (χ1v) is 5.17. The van der Waals surface area contributed by atoms with Crippen molar-refractivity contribution in [1.82, 2.24) is 0 Å². The van der Waals surface area contributed by atoms with E-state index >= 15 is 0 Å². The summed E-state index contributed by atoms with van der Waals surface area (Å²) in [7, 11) is 0. The topological polar surface area (TPSA) is 38.7 Å². The summed E-state index contributed by atoms with van der Waals surface area (Å²) in [5.74, 6) is 0.436. The summed E-state index contributed by atoms with van der Waals surface area (Å²) >= 11 is 0. The summed E-state index contributed by atoms with van der Waals surface area (Å²) in [4.78, 5) is 0. The highest BCUT2D eigenvalue weighted by Crippen LogP contribution is 2.64. The molecule has 3 aliphatic rings. The average Bonchev–Trinajstić information content (AvgIpc) is 2.70. The second-order valence-electron chi connectivity index (χ2n) is 4.74. The minimum absolute atomic E-state index is 0.169. The standard InChI is InChI=1S/C10H16O3/c11-7-9-5-8(9)1-2-10(6-9)12-3-4-13-10/h8,11H,1-7H2. The normalized spacial score (nSPS) is 46.4. The molecule has 1 saturated heterocycles. The van der Waals surface area contributed by atoms with Crippen molar-refractivity contribution in [2.24, 2.45) is 11.3 Å². The van der Waals surface area contributed by atoms with Gasteiger partial charge in [-0.15, -0.1) is 0 Å². The molecule has 1 spiro atoms. The number of hydrogen-bond donors (Lipinski definition) is 1. The van der Waals surface area contributed by atoms with E-state index in [-0.39, 0.29) is 11.2 Å². The van der Waals surface area contributed by atoms with Gasteiger partial charge < -0.3 is 14.6 Å². The molecule has 74 valence electrons. The summed E-state index contributed by atoms with van der Waals surface area (Å²) in [5.41, 5.74) is 0.169. The highest BCUT2D eigenvalue weighted by molar-refractivity contribution is 5.08. The molecule has 2 aliphatic carbocycles. The number of rotatable bonds is 1. The van der Waals surface area contributed by atoms with Crippen molar-refractivity contribution in [3.63, 3.8) is 0 Å². The summed E-state index contributed by atoms with van der Waals surface area (Å²) in [6.07, 6.45) is 4.29. The Balaban J connectivity index is 1.78. The number of fused-ring (bicyclic) bond motifs is 1. The number of aliphatic hydroxyl groups is 1. The van der Waals surface area contributed by atoms with Gasteiger partial charge >= 0.3 is 0 Å².